The number of nitriles is 1. The lowest BCUT2D eigenvalue weighted by atomic mass is 9.91. The number of ether oxygens (including phenoxy) is 2. The van der Waals surface area contributed by atoms with E-state index in [2.05, 4.69) is 40.2 Å². The summed E-state index contributed by atoms with van der Waals surface area (Å²) in [6.07, 6.45) is 5.39. The molecule has 0 amide bonds. The lowest BCUT2D eigenvalue weighted by Gasteiger charge is -2.34. The third-order valence-electron chi connectivity index (χ3n) is 5.83. The molecule has 5 nitrogen and oxygen atoms in total. The highest BCUT2D eigenvalue weighted by Crippen LogP contribution is 2.34. The van der Waals surface area contributed by atoms with Crippen LogP contribution in [-0.4, -0.2) is 43.3 Å². The Morgan fingerprint density at radius 2 is 2.14 bits per heavy atom. The topological polar surface area (TPSA) is 57.9 Å². The summed E-state index contributed by atoms with van der Waals surface area (Å²) in [5.41, 5.74) is 6.48. The van der Waals surface area contributed by atoms with Crippen molar-refractivity contribution in [1.29, 1.82) is 5.26 Å². The quantitative estimate of drug-likeness (QED) is 0.802. The summed E-state index contributed by atoms with van der Waals surface area (Å²) in [4.78, 5) is 6.88. The van der Waals surface area contributed by atoms with Crippen molar-refractivity contribution in [2.45, 2.75) is 25.4 Å². The Morgan fingerprint density at radius 3 is 3.00 bits per heavy atom. The molecule has 1 atom stereocenters. The minimum absolute atomic E-state index is 0.190. The fourth-order valence-electron chi connectivity index (χ4n) is 4.27. The number of benzene rings is 2. The zero-order valence-corrected chi connectivity index (χ0v) is 16.3. The zero-order valence-electron chi connectivity index (χ0n) is 16.3. The summed E-state index contributed by atoms with van der Waals surface area (Å²) < 4.78 is 11.6. The Bertz CT molecular complexity index is 1030. The standard InChI is InChI=1S/C24H23N3O2/c25-14-19-4-1-2-6-21(19)17-7-8-22-18(12-17)9-10-27-16-26-24(13-23(22)27)29-15-20-5-3-11-28-20/h1-2,4,6-8,12-13,20H,3,5,9-11,15-16H2. The molecule has 3 aliphatic rings. The van der Waals surface area contributed by atoms with Gasteiger partial charge in [0, 0.05) is 24.8 Å². The summed E-state index contributed by atoms with van der Waals surface area (Å²) in [6, 6.07) is 16.6. The average molecular weight is 385 g/mol. The van der Waals surface area contributed by atoms with Gasteiger partial charge in [0.15, 0.2) is 0 Å². The summed E-state index contributed by atoms with van der Waals surface area (Å²) in [5, 5.41) is 9.43. The molecule has 3 aliphatic heterocycles. The summed E-state index contributed by atoms with van der Waals surface area (Å²) in [7, 11) is 0. The highest BCUT2D eigenvalue weighted by molar-refractivity contribution is 5.97. The van der Waals surface area contributed by atoms with Crippen molar-refractivity contribution in [3.05, 3.63) is 65.2 Å². The van der Waals surface area contributed by atoms with Crippen LogP contribution in [0.15, 0.2) is 53.5 Å². The number of nitrogens with zero attached hydrogens (tertiary/aromatic N) is 3. The number of rotatable bonds is 3. The molecule has 29 heavy (non-hydrogen) atoms. The molecule has 0 radical (unpaired) electrons. The van der Waals surface area contributed by atoms with Gasteiger partial charge in [-0.15, -0.1) is 0 Å². The lowest BCUT2D eigenvalue weighted by molar-refractivity contribution is 0.0639. The second-order valence-corrected chi connectivity index (χ2v) is 7.66. The van der Waals surface area contributed by atoms with Crippen molar-refractivity contribution >= 4 is 11.6 Å². The normalized spacial score (nSPS) is 20.2. The van der Waals surface area contributed by atoms with Crippen molar-refractivity contribution in [3.63, 3.8) is 0 Å². The maximum Gasteiger partial charge on any atom is 0.212 e. The van der Waals surface area contributed by atoms with Gasteiger partial charge < -0.3 is 14.4 Å². The van der Waals surface area contributed by atoms with Gasteiger partial charge >= 0.3 is 0 Å². The van der Waals surface area contributed by atoms with Crippen molar-refractivity contribution in [3.8, 4) is 17.2 Å². The molecule has 1 unspecified atom stereocenters. The van der Waals surface area contributed by atoms with Gasteiger partial charge in [0.05, 0.1) is 23.4 Å². The Morgan fingerprint density at radius 1 is 1.21 bits per heavy atom. The second kappa shape index (κ2) is 7.73. The van der Waals surface area contributed by atoms with E-state index in [1.165, 1.54) is 16.8 Å². The molecule has 1 saturated heterocycles. The zero-order chi connectivity index (χ0) is 19.6. The molecule has 0 aliphatic carbocycles. The first-order chi connectivity index (χ1) is 14.3. The molecule has 0 saturated carbocycles. The molecule has 0 aromatic heterocycles. The Labute approximate surface area is 170 Å². The van der Waals surface area contributed by atoms with E-state index in [9.17, 15) is 5.26 Å². The molecule has 5 heteroatoms. The number of hydrogen-bond donors (Lipinski definition) is 0. The fraction of sp³-hybridized carbons (Fsp3) is 0.333. The predicted octanol–water partition coefficient (Wildman–Crippen LogP) is 3.99. The molecular formula is C24H23N3O2. The summed E-state index contributed by atoms with van der Waals surface area (Å²) in [5.74, 6) is 0.693. The van der Waals surface area contributed by atoms with E-state index in [0.717, 1.165) is 43.5 Å². The van der Waals surface area contributed by atoms with Crippen LogP contribution in [-0.2, 0) is 15.9 Å². The first-order valence-corrected chi connectivity index (χ1v) is 10.2. The third-order valence-corrected chi connectivity index (χ3v) is 5.83. The van der Waals surface area contributed by atoms with Gasteiger partial charge in [-0.1, -0.05) is 36.4 Å². The monoisotopic (exact) mass is 385 g/mol. The summed E-state index contributed by atoms with van der Waals surface area (Å²) in [6.45, 7) is 2.97. The predicted molar refractivity (Wildman–Crippen MR) is 112 cm³/mol. The van der Waals surface area contributed by atoms with Crippen molar-refractivity contribution < 1.29 is 9.47 Å². The highest BCUT2D eigenvalue weighted by atomic mass is 16.5. The number of fused-ring (bicyclic) bond motifs is 3. The molecule has 5 rings (SSSR count). The van der Waals surface area contributed by atoms with Crippen LogP contribution < -0.4 is 0 Å². The molecule has 3 heterocycles. The molecule has 0 bridgehead atoms. The third kappa shape index (κ3) is 3.52. The van der Waals surface area contributed by atoms with Crippen molar-refractivity contribution in [2.75, 3.05) is 26.4 Å². The first-order valence-electron chi connectivity index (χ1n) is 10.2. The van der Waals surface area contributed by atoms with Crippen molar-refractivity contribution in [2.24, 2.45) is 4.99 Å². The minimum Gasteiger partial charge on any atom is -0.475 e. The summed E-state index contributed by atoms with van der Waals surface area (Å²) >= 11 is 0. The molecule has 0 N–H and O–H groups in total. The molecule has 0 spiro atoms. The van der Waals surface area contributed by atoms with Crippen LogP contribution >= 0.6 is 0 Å². The van der Waals surface area contributed by atoms with Crippen molar-refractivity contribution in [1.82, 2.24) is 4.90 Å². The average Bonchev–Trinajstić information content (AvgIpc) is 3.30. The van der Waals surface area contributed by atoms with Crippen LogP contribution in [0.2, 0.25) is 0 Å². The van der Waals surface area contributed by atoms with Gasteiger partial charge in [-0.25, -0.2) is 4.99 Å². The SMILES string of the molecule is N#Cc1ccccc1-c1ccc2c(c1)CCN1CN=C(OCC3CCCO3)C=C21. The highest BCUT2D eigenvalue weighted by Gasteiger charge is 2.25. The van der Waals surface area contributed by atoms with Crippen LogP contribution in [0.4, 0.5) is 0 Å². The lowest BCUT2D eigenvalue weighted by Crippen LogP contribution is -2.33. The van der Waals surface area contributed by atoms with Gasteiger partial charge in [0.1, 0.15) is 13.3 Å². The number of hydrogen-bond acceptors (Lipinski definition) is 5. The largest absolute Gasteiger partial charge is 0.475 e. The van der Waals surface area contributed by atoms with E-state index in [1.807, 2.05) is 24.3 Å². The molecule has 146 valence electrons. The van der Waals surface area contributed by atoms with Crippen LogP contribution in [0.1, 0.15) is 29.5 Å². The van der Waals surface area contributed by atoms with E-state index in [4.69, 9.17) is 9.47 Å². The maximum atomic E-state index is 9.43. The molecular weight excluding hydrogens is 362 g/mol. The minimum atomic E-state index is 0.190. The molecule has 2 aromatic rings. The number of aliphatic imine (C=N–C) groups is 1. The van der Waals surface area contributed by atoms with E-state index in [-0.39, 0.29) is 6.10 Å². The maximum absolute atomic E-state index is 9.43. The van der Waals surface area contributed by atoms with E-state index in [1.54, 1.807) is 0 Å². The van der Waals surface area contributed by atoms with Gasteiger partial charge in [-0.05, 0) is 42.0 Å². The Hall–Kier alpha value is -3.10. The van der Waals surface area contributed by atoms with Crippen LogP contribution in [0.3, 0.4) is 0 Å². The van der Waals surface area contributed by atoms with Gasteiger partial charge in [0.2, 0.25) is 5.90 Å². The van der Waals surface area contributed by atoms with Gasteiger partial charge in [0.25, 0.3) is 0 Å². The van der Waals surface area contributed by atoms with Crippen LogP contribution in [0.5, 0.6) is 0 Å². The second-order valence-electron chi connectivity index (χ2n) is 7.66. The Kier molecular flexibility index (Phi) is 4.79. The van der Waals surface area contributed by atoms with Gasteiger partial charge in [-0.2, -0.15) is 5.26 Å². The molecule has 1 fully saturated rings. The smallest absolute Gasteiger partial charge is 0.212 e. The first kappa shape index (κ1) is 18.0. The van der Waals surface area contributed by atoms with E-state index < -0.39 is 0 Å². The Balaban J connectivity index is 1.41. The van der Waals surface area contributed by atoms with Crippen LogP contribution in [0, 0.1) is 11.3 Å². The van der Waals surface area contributed by atoms with E-state index >= 15 is 0 Å². The fourth-order valence-corrected chi connectivity index (χ4v) is 4.27. The van der Waals surface area contributed by atoms with E-state index in [0.29, 0.717) is 24.7 Å². The molecule has 2 aromatic carbocycles. The van der Waals surface area contributed by atoms with Crippen LogP contribution in [0.25, 0.3) is 16.8 Å². The van der Waals surface area contributed by atoms with Gasteiger partial charge in [-0.3, -0.25) is 0 Å².